The largest absolute Gasteiger partial charge is 0.493 e. The van der Waals surface area contributed by atoms with Crippen LogP contribution in [0.1, 0.15) is 71.0 Å². The first kappa shape index (κ1) is 33.9. The van der Waals surface area contributed by atoms with Crippen LogP contribution in [0.4, 0.5) is 0 Å². The first-order valence-corrected chi connectivity index (χ1v) is 17.8. The Kier molecular flexibility index (Phi) is 8.59. The standard InChI is InChI=1S/C33H44N6O8S/c1-7-18-15-33(18,31(42)38-48(43,44)20-10-11-20)37-28(40)23-12-19(16-39(23)30(41)26(34)32(2,3)4)47-29-21-13-24(45-5)25(46-6)14-22(21)35-27(36-29)17-8-9-17/h7,13-14,17-20,23,26H,1,8-12,15-16,34H2,2-6H3,(H,37,40)(H,38,42)/t18-,19-,23+,26-,33-/m1/s1. The predicted molar refractivity (Wildman–Crippen MR) is 176 cm³/mol. The highest BCUT2D eigenvalue weighted by atomic mass is 32.2. The molecule has 14 nitrogen and oxygen atoms in total. The smallest absolute Gasteiger partial charge is 0.259 e. The average Bonchev–Trinajstić information content (AvgIpc) is 3.92. The molecular formula is C33H44N6O8S. The third-order valence-electron chi connectivity index (χ3n) is 9.70. The summed E-state index contributed by atoms with van der Waals surface area (Å²) in [5, 5.41) is 2.76. The Balaban J connectivity index is 1.30. The fraction of sp³-hybridized carbons (Fsp3) is 0.606. The lowest BCUT2D eigenvalue weighted by Gasteiger charge is -2.33. The zero-order valence-electron chi connectivity index (χ0n) is 27.9. The van der Waals surface area contributed by atoms with Gasteiger partial charge in [0.2, 0.25) is 27.7 Å². The van der Waals surface area contributed by atoms with Gasteiger partial charge in [0.05, 0.1) is 43.0 Å². The van der Waals surface area contributed by atoms with Crippen molar-refractivity contribution >= 4 is 38.6 Å². The van der Waals surface area contributed by atoms with E-state index in [0.717, 1.165) is 12.8 Å². The Bertz CT molecular complexity index is 1770. The van der Waals surface area contributed by atoms with E-state index in [0.29, 0.717) is 41.1 Å². The molecule has 2 heterocycles. The maximum Gasteiger partial charge on any atom is 0.259 e. The second kappa shape index (κ2) is 12.2. The summed E-state index contributed by atoms with van der Waals surface area (Å²) < 4.78 is 44.9. The molecule has 4 N–H and O–H groups in total. The van der Waals surface area contributed by atoms with Gasteiger partial charge in [-0.1, -0.05) is 26.8 Å². The molecule has 4 aliphatic rings. The average molecular weight is 685 g/mol. The minimum atomic E-state index is -3.86. The number of rotatable bonds is 12. The Morgan fingerprint density at radius 1 is 1.10 bits per heavy atom. The normalized spacial score (nSPS) is 26.0. The summed E-state index contributed by atoms with van der Waals surface area (Å²) in [5.74, 6) is -0.261. The van der Waals surface area contributed by atoms with Crippen LogP contribution in [0.15, 0.2) is 24.8 Å². The van der Waals surface area contributed by atoms with E-state index in [1.807, 2.05) is 20.8 Å². The number of aromatic nitrogens is 2. The van der Waals surface area contributed by atoms with Crippen LogP contribution in [0.3, 0.4) is 0 Å². The van der Waals surface area contributed by atoms with Gasteiger partial charge in [0, 0.05) is 24.3 Å². The van der Waals surface area contributed by atoms with Gasteiger partial charge in [0.25, 0.3) is 5.91 Å². The van der Waals surface area contributed by atoms with E-state index in [-0.39, 0.29) is 31.2 Å². The van der Waals surface area contributed by atoms with E-state index in [9.17, 15) is 22.8 Å². The van der Waals surface area contributed by atoms with E-state index in [2.05, 4.69) is 16.6 Å². The molecule has 15 heteroatoms. The van der Waals surface area contributed by atoms with Crippen LogP contribution in [-0.2, 0) is 24.4 Å². The summed E-state index contributed by atoms with van der Waals surface area (Å²) in [7, 11) is -0.792. The van der Waals surface area contributed by atoms with Gasteiger partial charge in [-0.15, -0.1) is 6.58 Å². The number of likely N-dealkylation sites (tertiary alicyclic amines) is 1. The van der Waals surface area contributed by atoms with Crippen molar-refractivity contribution in [1.29, 1.82) is 0 Å². The summed E-state index contributed by atoms with van der Waals surface area (Å²) in [5.41, 5.74) is 4.90. The van der Waals surface area contributed by atoms with Gasteiger partial charge in [-0.05, 0) is 43.6 Å². The van der Waals surface area contributed by atoms with Crippen LogP contribution in [0, 0.1) is 11.3 Å². The minimum absolute atomic E-state index is 0.0262. The number of hydrogen-bond acceptors (Lipinski definition) is 11. The van der Waals surface area contributed by atoms with Crippen molar-refractivity contribution in [3.05, 3.63) is 30.6 Å². The molecule has 3 aliphatic carbocycles. The molecule has 0 unspecified atom stereocenters. The highest BCUT2D eigenvalue weighted by molar-refractivity contribution is 7.91. The van der Waals surface area contributed by atoms with Gasteiger partial charge in [0.15, 0.2) is 11.5 Å². The molecule has 6 rings (SSSR count). The number of amides is 3. The molecule has 1 saturated heterocycles. The number of nitrogens with two attached hydrogens (primary N) is 1. The van der Waals surface area contributed by atoms with Crippen molar-refractivity contribution in [3.63, 3.8) is 0 Å². The molecular weight excluding hydrogens is 640 g/mol. The monoisotopic (exact) mass is 684 g/mol. The molecule has 4 fully saturated rings. The topological polar surface area (TPSA) is 192 Å². The number of nitrogens with one attached hydrogen (secondary N) is 2. The third kappa shape index (κ3) is 6.41. The molecule has 1 aromatic carbocycles. The number of hydrogen-bond donors (Lipinski definition) is 3. The molecule has 3 saturated carbocycles. The first-order valence-electron chi connectivity index (χ1n) is 16.3. The van der Waals surface area contributed by atoms with Crippen LogP contribution in [-0.4, -0.2) is 90.7 Å². The number of fused-ring (bicyclic) bond motifs is 1. The zero-order chi connectivity index (χ0) is 34.8. The maximum atomic E-state index is 14.1. The second-order valence-corrected chi connectivity index (χ2v) is 16.4. The summed E-state index contributed by atoms with van der Waals surface area (Å²) in [4.78, 5) is 52.2. The minimum Gasteiger partial charge on any atom is -0.493 e. The molecule has 0 radical (unpaired) electrons. The van der Waals surface area contributed by atoms with E-state index >= 15 is 0 Å². The summed E-state index contributed by atoms with van der Waals surface area (Å²) in [6.45, 7) is 9.29. The molecule has 260 valence electrons. The molecule has 0 bridgehead atoms. The van der Waals surface area contributed by atoms with Crippen molar-refractivity contribution in [2.75, 3.05) is 20.8 Å². The molecule has 48 heavy (non-hydrogen) atoms. The van der Waals surface area contributed by atoms with Crippen LogP contribution in [0.5, 0.6) is 17.4 Å². The number of ether oxygens (including phenoxy) is 3. The maximum absolute atomic E-state index is 14.1. The van der Waals surface area contributed by atoms with Gasteiger partial charge < -0.3 is 30.2 Å². The Morgan fingerprint density at radius 3 is 2.33 bits per heavy atom. The van der Waals surface area contributed by atoms with Crippen molar-refractivity contribution < 1.29 is 37.0 Å². The fourth-order valence-corrected chi connectivity index (χ4v) is 7.52. The number of benzene rings is 1. The number of carbonyl (C=O) groups is 3. The molecule has 1 aliphatic heterocycles. The first-order chi connectivity index (χ1) is 22.6. The van der Waals surface area contributed by atoms with Crippen LogP contribution < -0.4 is 30.0 Å². The summed E-state index contributed by atoms with van der Waals surface area (Å²) in [6, 6.07) is 1.50. The highest BCUT2D eigenvalue weighted by Gasteiger charge is 2.62. The quantitative estimate of drug-likeness (QED) is 0.277. The number of methoxy groups -OCH3 is 2. The van der Waals surface area contributed by atoms with E-state index in [1.165, 1.54) is 18.1 Å². The van der Waals surface area contributed by atoms with Crippen molar-refractivity contribution in [3.8, 4) is 17.4 Å². The van der Waals surface area contributed by atoms with E-state index < -0.39 is 68.1 Å². The highest BCUT2D eigenvalue weighted by Crippen LogP contribution is 2.46. The lowest BCUT2D eigenvalue weighted by Crippen LogP contribution is -2.59. The van der Waals surface area contributed by atoms with E-state index in [1.54, 1.807) is 19.2 Å². The molecule has 3 amide bonds. The Hall–Kier alpha value is -3.98. The Labute approximate surface area is 280 Å². The number of sulfonamides is 1. The van der Waals surface area contributed by atoms with E-state index in [4.69, 9.17) is 29.9 Å². The molecule has 1 aromatic heterocycles. The summed E-state index contributed by atoms with van der Waals surface area (Å²) in [6.07, 6.45) is 3.96. The second-order valence-electron chi connectivity index (χ2n) is 14.4. The number of carbonyl (C=O) groups excluding carboxylic acids is 3. The number of nitrogens with zero attached hydrogens (tertiary/aromatic N) is 3. The zero-order valence-corrected chi connectivity index (χ0v) is 28.8. The molecule has 0 spiro atoms. The lowest BCUT2D eigenvalue weighted by atomic mass is 9.86. The SMILES string of the molecule is C=C[C@@H]1C[C@]1(NC(=O)[C@@H]1C[C@@H](Oc2nc(C3CC3)nc3cc(OC)c(OC)cc23)CN1C(=O)[C@@H](N)C(C)(C)C)C(=O)NS(=O)(=O)C1CC1. The van der Waals surface area contributed by atoms with Crippen LogP contribution in [0.25, 0.3) is 10.9 Å². The summed E-state index contributed by atoms with van der Waals surface area (Å²) >= 11 is 0. The van der Waals surface area contributed by atoms with Gasteiger partial charge in [-0.3, -0.25) is 19.1 Å². The predicted octanol–water partition coefficient (Wildman–Crippen LogP) is 1.92. The Morgan fingerprint density at radius 2 is 1.77 bits per heavy atom. The third-order valence-corrected chi connectivity index (χ3v) is 11.5. The molecule has 5 atom stereocenters. The van der Waals surface area contributed by atoms with Crippen molar-refractivity contribution in [2.24, 2.45) is 17.1 Å². The van der Waals surface area contributed by atoms with Gasteiger partial charge in [-0.25, -0.2) is 13.4 Å². The molecule has 2 aromatic rings. The van der Waals surface area contributed by atoms with Crippen molar-refractivity contribution in [1.82, 2.24) is 24.9 Å². The lowest BCUT2D eigenvalue weighted by molar-refractivity contribution is -0.142. The van der Waals surface area contributed by atoms with Gasteiger partial charge in [0.1, 0.15) is 23.5 Å². The van der Waals surface area contributed by atoms with Crippen LogP contribution >= 0.6 is 0 Å². The van der Waals surface area contributed by atoms with Crippen molar-refractivity contribution in [2.45, 2.75) is 94.2 Å². The van der Waals surface area contributed by atoms with Crippen LogP contribution in [0.2, 0.25) is 0 Å². The van der Waals surface area contributed by atoms with Gasteiger partial charge >= 0.3 is 0 Å². The van der Waals surface area contributed by atoms with Gasteiger partial charge in [-0.2, -0.15) is 4.98 Å². The fourth-order valence-electron chi connectivity index (χ4n) is 6.16.